The van der Waals surface area contributed by atoms with Gasteiger partial charge in [0, 0.05) is 13.0 Å². The van der Waals surface area contributed by atoms with Gasteiger partial charge >= 0.3 is 0 Å². The molecule has 0 spiro atoms. The first-order chi connectivity index (χ1) is 10.1. The molecule has 2 rings (SSSR count). The van der Waals surface area contributed by atoms with Crippen LogP contribution in [0.2, 0.25) is 0 Å². The largest absolute Gasteiger partial charge is 0.377 e. The van der Waals surface area contributed by atoms with Crippen LogP contribution in [-0.2, 0) is 26.0 Å². The van der Waals surface area contributed by atoms with Gasteiger partial charge in [0.1, 0.15) is 0 Å². The fourth-order valence-corrected chi connectivity index (χ4v) is 3.64. The Morgan fingerprint density at radius 1 is 1.24 bits per heavy atom. The monoisotopic (exact) mass is 311 g/mol. The summed E-state index contributed by atoms with van der Waals surface area (Å²) >= 11 is 0. The minimum Gasteiger partial charge on any atom is -0.377 e. The molecule has 1 N–H and O–H groups in total. The van der Waals surface area contributed by atoms with E-state index in [1.54, 1.807) is 0 Å². The van der Waals surface area contributed by atoms with E-state index in [4.69, 9.17) is 4.74 Å². The minimum absolute atomic E-state index is 0.135. The number of amides is 1. The van der Waals surface area contributed by atoms with Gasteiger partial charge < -0.3 is 4.74 Å². The van der Waals surface area contributed by atoms with Crippen LogP contribution in [0.15, 0.2) is 30.3 Å². The summed E-state index contributed by atoms with van der Waals surface area (Å²) in [7, 11) is -3.61. The molecule has 5 nitrogen and oxygen atoms in total. The summed E-state index contributed by atoms with van der Waals surface area (Å²) in [6.45, 7) is 0.599. The second-order valence-electron chi connectivity index (χ2n) is 5.28. The summed E-state index contributed by atoms with van der Waals surface area (Å²) in [6, 6.07) is 9.52. The molecule has 0 aromatic heterocycles. The fraction of sp³-hybridized carbons (Fsp3) is 0.533. The van der Waals surface area contributed by atoms with Gasteiger partial charge in [-0.05, 0) is 31.2 Å². The molecular formula is C15H21NO4S. The maximum atomic E-state index is 11.9. The van der Waals surface area contributed by atoms with Gasteiger partial charge in [-0.3, -0.25) is 9.52 Å². The molecule has 1 atom stereocenters. The molecule has 1 aliphatic heterocycles. The zero-order valence-corrected chi connectivity index (χ0v) is 12.8. The summed E-state index contributed by atoms with van der Waals surface area (Å²) in [5.74, 6) is -0.598. The van der Waals surface area contributed by atoms with E-state index in [0.717, 1.165) is 24.8 Å². The summed E-state index contributed by atoms with van der Waals surface area (Å²) < 4.78 is 31.3. The van der Waals surface area contributed by atoms with Gasteiger partial charge in [-0.15, -0.1) is 0 Å². The third-order valence-corrected chi connectivity index (χ3v) is 4.78. The number of rotatable bonds is 6. The molecular weight excluding hydrogens is 290 g/mol. The van der Waals surface area contributed by atoms with Crippen molar-refractivity contribution in [3.63, 3.8) is 0 Å². The summed E-state index contributed by atoms with van der Waals surface area (Å²) in [6.07, 6.45) is 3.08. The maximum Gasteiger partial charge on any atom is 0.237 e. The Balaban J connectivity index is 1.77. The lowest BCUT2D eigenvalue weighted by Gasteiger charge is -2.22. The lowest BCUT2D eigenvalue weighted by Crippen LogP contribution is -2.38. The van der Waals surface area contributed by atoms with Gasteiger partial charge in [0.2, 0.25) is 15.9 Å². The van der Waals surface area contributed by atoms with E-state index < -0.39 is 15.9 Å². The van der Waals surface area contributed by atoms with Crippen LogP contribution in [-0.4, -0.2) is 32.8 Å². The zero-order valence-electron chi connectivity index (χ0n) is 12.0. The van der Waals surface area contributed by atoms with Crippen molar-refractivity contribution < 1.29 is 17.9 Å². The van der Waals surface area contributed by atoms with Crippen molar-refractivity contribution in [2.24, 2.45) is 0 Å². The quantitative estimate of drug-likeness (QED) is 0.867. The molecule has 0 radical (unpaired) electrons. The van der Waals surface area contributed by atoms with Crippen LogP contribution in [0.4, 0.5) is 0 Å². The molecule has 0 saturated carbocycles. The SMILES string of the molecule is O=C(CCc1ccccc1)NS(=O)(=O)CC1CCCCO1. The normalized spacial score (nSPS) is 19.1. The molecule has 116 valence electrons. The molecule has 1 saturated heterocycles. The van der Waals surface area contributed by atoms with E-state index in [1.165, 1.54) is 0 Å². The summed E-state index contributed by atoms with van der Waals surface area (Å²) in [5, 5.41) is 0. The number of ether oxygens (including phenoxy) is 1. The standard InChI is InChI=1S/C15H21NO4S/c17-15(10-9-13-6-2-1-3-7-13)16-21(18,19)12-14-8-4-5-11-20-14/h1-3,6-7,14H,4-5,8-12H2,(H,16,17). The summed E-state index contributed by atoms with van der Waals surface area (Å²) in [4.78, 5) is 11.7. The van der Waals surface area contributed by atoms with Gasteiger partial charge in [0.25, 0.3) is 0 Å². The minimum atomic E-state index is -3.61. The Bertz CT molecular complexity index is 550. The van der Waals surface area contributed by atoms with Crippen LogP contribution >= 0.6 is 0 Å². The van der Waals surface area contributed by atoms with Crippen molar-refractivity contribution in [2.45, 2.75) is 38.2 Å². The number of sulfonamides is 1. The fourth-order valence-electron chi connectivity index (χ4n) is 2.35. The predicted molar refractivity (Wildman–Crippen MR) is 80.3 cm³/mol. The van der Waals surface area contributed by atoms with Crippen molar-refractivity contribution in [3.8, 4) is 0 Å². The predicted octanol–water partition coefficient (Wildman–Crippen LogP) is 1.63. The number of hydrogen-bond donors (Lipinski definition) is 1. The number of carbonyl (C=O) groups excluding carboxylic acids is 1. The first-order valence-electron chi connectivity index (χ1n) is 7.24. The maximum absolute atomic E-state index is 11.9. The van der Waals surface area contributed by atoms with Gasteiger partial charge in [0.05, 0.1) is 11.9 Å². The molecule has 1 heterocycles. The van der Waals surface area contributed by atoms with Gasteiger partial charge in [-0.1, -0.05) is 30.3 Å². The van der Waals surface area contributed by atoms with Crippen molar-refractivity contribution in [1.82, 2.24) is 4.72 Å². The smallest absolute Gasteiger partial charge is 0.237 e. The highest BCUT2D eigenvalue weighted by Gasteiger charge is 2.23. The number of nitrogens with one attached hydrogen (secondary N) is 1. The average molecular weight is 311 g/mol. The number of carbonyl (C=O) groups is 1. The molecule has 6 heteroatoms. The molecule has 1 amide bonds. The summed E-state index contributed by atoms with van der Waals surface area (Å²) in [5.41, 5.74) is 1.01. The van der Waals surface area contributed by atoms with Gasteiger partial charge in [0.15, 0.2) is 0 Å². The Hall–Kier alpha value is -1.40. The second kappa shape index (κ2) is 7.56. The molecule has 0 bridgehead atoms. The Kier molecular flexibility index (Phi) is 5.76. The van der Waals surface area contributed by atoms with E-state index in [-0.39, 0.29) is 18.3 Å². The Labute approximate surface area is 125 Å². The van der Waals surface area contributed by atoms with Crippen molar-refractivity contribution in [1.29, 1.82) is 0 Å². The highest BCUT2D eigenvalue weighted by Crippen LogP contribution is 2.14. The molecule has 1 aromatic rings. The topological polar surface area (TPSA) is 72.5 Å². The molecule has 1 aromatic carbocycles. The van der Waals surface area contributed by atoms with E-state index in [2.05, 4.69) is 4.72 Å². The van der Waals surface area contributed by atoms with Crippen LogP contribution in [0.5, 0.6) is 0 Å². The van der Waals surface area contributed by atoms with Crippen LogP contribution in [0.1, 0.15) is 31.2 Å². The second-order valence-corrected chi connectivity index (χ2v) is 7.05. The van der Waals surface area contributed by atoms with Crippen LogP contribution < -0.4 is 4.72 Å². The zero-order chi connectivity index (χ0) is 15.1. The van der Waals surface area contributed by atoms with Crippen molar-refractivity contribution >= 4 is 15.9 Å². The lowest BCUT2D eigenvalue weighted by atomic mass is 10.1. The van der Waals surface area contributed by atoms with Crippen LogP contribution in [0.3, 0.4) is 0 Å². The lowest BCUT2D eigenvalue weighted by molar-refractivity contribution is -0.119. The third-order valence-electron chi connectivity index (χ3n) is 3.43. The number of benzene rings is 1. The highest BCUT2D eigenvalue weighted by molar-refractivity contribution is 7.90. The van der Waals surface area contributed by atoms with E-state index in [1.807, 2.05) is 30.3 Å². The van der Waals surface area contributed by atoms with Crippen LogP contribution in [0, 0.1) is 0 Å². The third kappa shape index (κ3) is 5.85. The molecule has 1 unspecified atom stereocenters. The first kappa shape index (κ1) is 16.0. The van der Waals surface area contributed by atoms with Crippen LogP contribution in [0.25, 0.3) is 0 Å². The first-order valence-corrected chi connectivity index (χ1v) is 8.89. The van der Waals surface area contributed by atoms with Gasteiger partial charge in [-0.2, -0.15) is 0 Å². The Morgan fingerprint density at radius 3 is 2.67 bits per heavy atom. The highest BCUT2D eigenvalue weighted by atomic mass is 32.2. The van der Waals surface area contributed by atoms with E-state index in [9.17, 15) is 13.2 Å². The number of aryl methyl sites for hydroxylation is 1. The van der Waals surface area contributed by atoms with Gasteiger partial charge in [-0.25, -0.2) is 8.42 Å². The van der Waals surface area contributed by atoms with E-state index in [0.29, 0.717) is 13.0 Å². The average Bonchev–Trinajstić information content (AvgIpc) is 2.46. The Morgan fingerprint density at radius 2 is 2.00 bits per heavy atom. The number of hydrogen-bond acceptors (Lipinski definition) is 4. The van der Waals surface area contributed by atoms with E-state index >= 15 is 0 Å². The van der Waals surface area contributed by atoms with Crippen molar-refractivity contribution in [3.05, 3.63) is 35.9 Å². The molecule has 21 heavy (non-hydrogen) atoms. The van der Waals surface area contributed by atoms with Crippen molar-refractivity contribution in [2.75, 3.05) is 12.4 Å². The molecule has 1 fully saturated rings. The molecule has 1 aliphatic rings. The molecule has 0 aliphatic carbocycles.